The van der Waals surface area contributed by atoms with Crippen molar-refractivity contribution in [3.63, 3.8) is 0 Å². The molecule has 1 atom stereocenters. The third-order valence-corrected chi connectivity index (χ3v) is 2.97. The van der Waals surface area contributed by atoms with Crippen LogP contribution < -0.4 is 0 Å². The Morgan fingerprint density at radius 1 is 1.28 bits per heavy atom. The van der Waals surface area contributed by atoms with E-state index < -0.39 is 0 Å². The molecule has 1 aromatic carbocycles. The maximum absolute atomic E-state index is 9.40. The van der Waals surface area contributed by atoms with Gasteiger partial charge in [-0.05, 0) is 35.2 Å². The summed E-state index contributed by atoms with van der Waals surface area (Å²) in [4.78, 5) is 1.42. The van der Waals surface area contributed by atoms with Gasteiger partial charge in [0.1, 0.15) is 0 Å². The predicted molar refractivity (Wildman–Crippen MR) is 68.2 cm³/mol. The highest BCUT2D eigenvalue weighted by Gasteiger charge is 2.13. The van der Waals surface area contributed by atoms with Gasteiger partial charge in [0.25, 0.3) is 0 Å². The summed E-state index contributed by atoms with van der Waals surface area (Å²) < 4.78 is 0. The highest BCUT2D eigenvalue weighted by atomic mass is 35.5. The van der Waals surface area contributed by atoms with Crippen molar-refractivity contribution in [2.24, 2.45) is 13.0 Å². The minimum atomic E-state index is 0.0929. The molecule has 1 aromatic heterocycles. The van der Waals surface area contributed by atoms with E-state index in [9.17, 15) is 5.11 Å². The van der Waals surface area contributed by atoms with Gasteiger partial charge < -0.3 is 5.11 Å². The molecule has 5 nitrogen and oxygen atoms in total. The minimum Gasteiger partial charge on any atom is -0.396 e. The van der Waals surface area contributed by atoms with E-state index in [2.05, 4.69) is 15.4 Å². The molecule has 1 heterocycles. The third-order valence-electron chi connectivity index (χ3n) is 2.72. The first kappa shape index (κ1) is 13.0. The molecule has 2 rings (SSSR count). The summed E-state index contributed by atoms with van der Waals surface area (Å²) in [5, 5.41) is 21.9. The van der Waals surface area contributed by atoms with E-state index in [1.807, 2.05) is 24.3 Å². The van der Waals surface area contributed by atoms with Gasteiger partial charge in [-0.15, -0.1) is 10.2 Å². The highest BCUT2D eigenvalue weighted by molar-refractivity contribution is 6.30. The normalized spacial score (nSPS) is 12.6. The molecule has 0 aliphatic carbocycles. The molecular weight excluding hydrogens is 252 g/mol. The molecule has 0 radical (unpaired) electrons. The Morgan fingerprint density at radius 3 is 2.56 bits per heavy atom. The number of hydrogen-bond donors (Lipinski definition) is 1. The van der Waals surface area contributed by atoms with Crippen LogP contribution in [-0.2, 0) is 19.9 Å². The van der Waals surface area contributed by atoms with Crippen LogP contribution in [0.15, 0.2) is 24.3 Å². The Bertz CT molecular complexity index is 497. The highest BCUT2D eigenvalue weighted by Crippen LogP contribution is 2.15. The summed E-state index contributed by atoms with van der Waals surface area (Å²) in [6.45, 7) is 0.0981. The fourth-order valence-electron chi connectivity index (χ4n) is 1.82. The molecule has 6 heteroatoms. The van der Waals surface area contributed by atoms with Crippen LogP contribution in [0.5, 0.6) is 0 Å². The van der Waals surface area contributed by atoms with E-state index in [0.29, 0.717) is 12.2 Å². The van der Waals surface area contributed by atoms with Crippen molar-refractivity contribution in [3.8, 4) is 0 Å². The Hall–Kier alpha value is -1.46. The van der Waals surface area contributed by atoms with Crippen LogP contribution in [0.4, 0.5) is 0 Å². The largest absolute Gasteiger partial charge is 0.396 e. The SMILES string of the molecule is Cn1nnc(CC(CO)Cc2ccc(Cl)cc2)n1. The molecule has 0 aliphatic rings. The number of aromatic nitrogens is 4. The number of aliphatic hydroxyl groups is 1. The molecular formula is C12H15ClN4O. The molecule has 1 N–H and O–H groups in total. The number of hydrogen-bond acceptors (Lipinski definition) is 4. The van der Waals surface area contributed by atoms with Gasteiger partial charge in [-0.25, -0.2) is 0 Å². The lowest BCUT2D eigenvalue weighted by atomic mass is 9.97. The summed E-state index contributed by atoms with van der Waals surface area (Å²) in [6.07, 6.45) is 1.39. The van der Waals surface area contributed by atoms with Crippen molar-refractivity contribution in [2.75, 3.05) is 6.61 Å². The predicted octanol–water partition coefficient (Wildman–Crippen LogP) is 1.26. The number of halogens is 1. The van der Waals surface area contributed by atoms with Gasteiger partial charge in [0.05, 0.1) is 7.05 Å². The lowest BCUT2D eigenvalue weighted by Gasteiger charge is -2.11. The van der Waals surface area contributed by atoms with E-state index in [0.717, 1.165) is 17.0 Å². The Balaban J connectivity index is 1.99. The van der Waals surface area contributed by atoms with Crippen LogP contribution in [0.3, 0.4) is 0 Å². The average molecular weight is 267 g/mol. The molecule has 0 spiro atoms. The molecule has 0 amide bonds. The lowest BCUT2D eigenvalue weighted by Crippen LogP contribution is -2.14. The van der Waals surface area contributed by atoms with Crippen molar-refractivity contribution >= 4 is 11.6 Å². The van der Waals surface area contributed by atoms with Gasteiger partial charge in [-0.2, -0.15) is 4.80 Å². The lowest BCUT2D eigenvalue weighted by molar-refractivity contribution is 0.223. The number of rotatable bonds is 5. The summed E-state index contributed by atoms with van der Waals surface area (Å²) in [6, 6.07) is 7.64. The topological polar surface area (TPSA) is 63.8 Å². The van der Waals surface area contributed by atoms with Crippen LogP contribution >= 0.6 is 11.6 Å². The second kappa shape index (κ2) is 5.93. The monoisotopic (exact) mass is 266 g/mol. The smallest absolute Gasteiger partial charge is 0.175 e. The van der Waals surface area contributed by atoms with Gasteiger partial charge in [-0.3, -0.25) is 0 Å². The molecule has 1 unspecified atom stereocenters. The number of aryl methyl sites for hydroxylation is 1. The van der Waals surface area contributed by atoms with Gasteiger partial charge in [0, 0.05) is 18.1 Å². The zero-order chi connectivity index (χ0) is 13.0. The quantitative estimate of drug-likeness (QED) is 0.885. The van der Waals surface area contributed by atoms with Crippen LogP contribution in [0.2, 0.25) is 5.02 Å². The minimum absolute atomic E-state index is 0.0929. The number of tetrazole rings is 1. The van der Waals surface area contributed by atoms with Crippen molar-refractivity contribution in [2.45, 2.75) is 12.8 Å². The number of nitrogens with zero attached hydrogens (tertiary/aromatic N) is 4. The fraction of sp³-hybridized carbons (Fsp3) is 0.417. The average Bonchev–Trinajstić information content (AvgIpc) is 2.77. The second-order valence-electron chi connectivity index (χ2n) is 4.28. The first-order valence-corrected chi connectivity index (χ1v) is 6.13. The van der Waals surface area contributed by atoms with E-state index >= 15 is 0 Å². The maximum atomic E-state index is 9.40. The van der Waals surface area contributed by atoms with Crippen LogP contribution in [0, 0.1) is 5.92 Å². The molecule has 0 saturated carbocycles. The van der Waals surface area contributed by atoms with E-state index in [1.54, 1.807) is 7.05 Å². The second-order valence-corrected chi connectivity index (χ2v) is 4.71. The first-order chi connectivity index (χ1) is 8.67. The van der Waals surface area contributed by atoms with E-state index in [1.165, 1.54) is 4.80 Å². The molecule has 0 fully saturated rings. The maximum Gasteiger partial charge on any atom is 0.175 e. The molecule has 2 aromatic rings. The van der Waals surface area contributed by atoms with Crippen molar-refractivity contribution in [3.05, 3.63) is 40.7 Å². The molecule has 0 aliphatic heterocycles. The van der Waals surface area contributed by atoms with Crippen LogP contribution in [0.25, 0.3) is 0 Å². The van der Waals surface area contributed by atoms with Crippen molar-refractivity contribution < 1.29 is 5.11 Å². The zero-order valence-electron chi connectivity index (χ0n) is 10.1. The zero-order valence-corrected chi connectivity index (χ0v) is 10.9. The van der Waals surface area contributed by atoms with E-state index in [-0.39, 0.29) is 12.5 Å². The van der Waals surface area contributed by atoms with E-state index in [4.69, 9.17) is 11.6 Å². The Morgan fingerprint density at radius 2 is 2.00 bits per heavy atom. The molecule has 0 saturated heterocycles. The summed E-state index contributed by atoms with van der Waals surface area (Å²) in [7, 11) is 1.73. The van der Waals surface area contributed by atoms with Gasteiger partial charge in [0.15, 0.2) is 5.82 Å². The summed E-state index contributed by atoms with van der Waals surface area (Å²) in [5.74, 6) is 0.751. The third kappa shape index (κ3) is 3.51. The van der Waals surface area contributed by atoms with Crippen LogP contribution in [-0.4, -0.2) is 31.9 Å². The van der Waals surface area contributed by atoms with Gasteiger partial charge in [-0.1, -0.05) is 23.7 Å². The van der Waals surface area contributed by atoms with Crippen molar-refractivity contribution in [1.29, 1.82) is 0 Å². The molecule has 96 valence electrons. The summed E-state index contributed by atoms with van der Waals surface area (Å²) in [5.41, 5.74) is 1.14. The molecule has 0 bridgehead atoms. The Kier molecular flexibility index (Phi) is 4.28. The standard InChI is InChI=1S/C12H15ClN4O/c1-17-15-12(14-16-17)7-10(8-18)6-9-2-4-11(13)5-3-9/h2-5,10,18H,6-8H2,1H3. The number of benzene rings is 1. The van der Waals surface area contributed by atoms with Gasteiger partial charge >= 0.3 is 0 Å². The number of aliphatic hydroxyl groups excluding tert-OH is 1. The van der Waals surface area contributed by atoms with Crippen molar-refractivity contribution in [1.82, 2.24) is 20.2 Å². The Labute approximate surface area is 110 Å². The molecule has 18 heavy (non-hydrogen) atoms. The first-order valence-electron chi connectivity index (χ1n) is 5.75. The van der Waals surface area contributed by atoms with Crippen LogP contribution in [0.1, 0.15) is 11.4 Å². The van der Waals surface area contributed by atoms with Gasteiger partial charge in [0.2, 0.25) is 0 Å². The summed E-state index contributed by atoms with van der Waals surface area (Å²) >= 11 is 5.83. The fourth-order valence-corrected chi connectivity index (χ4v) is 1.94.